The second kappa shape index (κ2) is 11.8. The van der Waals surface area contributed by atoms with Gasteiger partial charge in [0.25, 0.3) is 0 Å². The van der Waals surface area contributed by atoms with Gasteiger partial charge in [0, 0.05) is 10.8 Å². The summed E-state index contributed by atoms with van der Waals surface area (Å²) in [5.41, 5.74) is 11.7. The molecule has 0 amide bonds. The van der Waals surface area contributed by atoms with Gasteiger partial charge in [-0.3, -0.25) is 0 Å². The van der Waals surface area contributed by atoms with Crippen LogP contribution in [0.4, 0.5) is 0 Å². The molecule has 0 aliphatic rings. The summed E-state index contributed by atoms with van der Waals surface area (Å²) in [7, 11) is 0. The van der Waals surface area contributed by atoms with Crippen molar-refractivity contribution in [3.05, 3.63) is 194 Å². The maximum Gasteiger partial charge on any atom is 0.136 e. The maximum absolute atomic E-state index is 6.37. The maximum atomic E-state index is 6.37. The van der Waals surface area contributed by atoms with E-state index in [0.29, 0.717) is 0 Å². The first-order valence-corrected chi connectivity index (χ1v) is 18.3. The van der Waals surface area contributed by atoms with Crippen molar-refractivity contribution in [1.29, 1.82) is 0 Å². The Hall–Kier alpha value is -6.96. The van der Waals surface area contributed by atoms with Crippen molar-refractivity contribution in [2.24, 2.45) is 0 Å². The minimum Gasteiger partial charge on any atom is -0.456 e. The van der Waals surface area contributed by atoms with Gasteiger partial charge in [0.2, 0.25) is 0 Å². The Labute approximate surface area is 307 Å². The molecule has 1 heterocycles. The summed E-state index contributed by atoms with van der Waals surface area (Å²) in [6.45, 7) is 0. The lowest BCUT2D eigenvalue weighted by Crippen LogP contribution is -1.92. The Bertz CT molecular complexity index is 3150. The van der Waals surface area contributed by atoms with Crippen LogP contribution in [0.25, 0.3) is 110 Å². The molecule has 0 aliphatic heterocycles. The molecule has 10 aromatic carbocycles. The number of hydrogen-bond acceptors (Lipinski definition) is 1. The molecule has 0 N–H and O–H groups in total. The molecule has 11 rings (SSSR count). The number of hydrogen-bond donors (Lipinski definition) is 0. The molecule has 11 aromatic rings. The topological polar surface area (TPSA) is 13.1 Å². The predicted molar refractivity (Wildman–Crippen MR) is 225 cm³/mol. The second-order valence-corrected chi connectivity index (χ2v) is 14.0. The van der Waals surface area contributed by atoms with Crippen molar-refractivity contribution < 1.29 is 4.42 Å². The summed E-state index contributed by atoms with van der Waals surface area (Å²) in [6, 6.07) is 70.5. The van der Waals surface area contributed by atoms with Crippen LogP contribution in [0.15, 0.2) is 199 Å². The van der Waals surface area contributed by atoms with Crippen molar-refractivity contribution in [2.45, 2.75) is 0 Å². The number of fused-ring (bicyclic) bond motifs is 8. The van der Waals surface area contributed by atoms with Gasteiger partial charge in [-0.05, 0) is 106 Å². The summed E-state index contributed by atoms with van der Waals surface area (Å²) in [5, 5.41) is 12.2. The van der Waals surface area contributed by atoms with Crippen LogP contribution in [0.2, 0.25) is 0 Å². The molecule has 53 heavy (non-hydrogen) atoms. The van der Waals surface area contributed by atoms with E-state index < -0.39 is 0 Å². The largest absolute Gasteiger partial charge is 0.456 e. The van der Waals surface area contributed by atoms with Crippen molar-refractivity contribution in [3.8, 4) is 44.5 Å². The van der Waals surface area contributed by atoms with Crippen LogP contribution in [0.5, 0.6) is 0 Å². The molecule has 1 nitrogen and oxygen atoms in total. The summed E-state index contributed by atoms with van der Waals surface area (Å²) in [4.78, 5) is 0. The van der Waals surface area contributed by atoms with Crippen molar-refractivity contribution in [3.63, 3.8) is 0 Å². The molecule has 0 saturated heterocycles. The third-order valence-corrected chi connectivity index (χ3v) is 11.1. The Balaban J connectivity index is 1.13. The molecule has 0 radical (unpaired) electrons. The lowest BCUT2D eigenvalue weighted by Gasteiger charge is -2.20. The van der Waals surface area contributed by atoms with E-state index in [4.69, 9.17) is 4.42 Å². The van der Waals surface area contributed by atoms with Crippen LogP contribution >= 0.6 is 0 Å². The van der Waals surface area contributed by atoms with Crippen LogP contribution in [-0.4, -0.2) is 0 Å². The Morgan fingerprint density at radius 3 is 1.45 bits per heavy atom. The smallest absolute Gasteiger partial charge is 0.136 e. The van der Waals surface area contributed by atoms with Gasteiger partial charge in [-0.25, -0.2) is 0 Å². The molecule has 1 heteroatoms. The van der Waals surface area contributed by atoms with E-state index in [1.54, 1.807) is 0 Å². The number of furan rings is 1. The molecule has 1 aromatic heterocycles. The molecular formula is C52H32O. The minimum absolute atomic E-state index is 0.911. The first-order valence-electron chi connectivity index (χ1n) is 18.3. The molecule has 0 aliphatic carbocycles. The third-order valence-electron chi connectivity index (χ3n) is 11.1. The summed E-state index contributed by atoms with van der Waals surface area (Å²) >= 11 is 0. The highest BCUT2D eigenvalue weighted by atomic mass is 16.3. The zero-order valence-corrected chi connectivity index (χ0v) is 28.9. The van der Waals surface area contributed by atoms with Gasteiger partial charge in [0.15, 0.2) is 0 Å². The molecule has 0 saturated carbocycles. The van der Waals surface area contributed by atoms with E-state index in [-0.39, 0.29) is 0 Å². The molecule has 0 fully saturated rings. The first kappa shape index (κ1) is 29.7. The van der Waals surface area contributed by atoms with Gasteiger partial charge in [-0.2, -0.15) is 0 Å². The predicted octanol–water partition coefficient (Wildman–Crippen LogP) is 14.9. The molecular weight excluding hydrogens is 641 g/mol. The van der Waals surface area contributed by atoms with Crippen molar-refractivity contribution >= 4 is 65.0 Å². The molecule has 0 unspecified atom stereocenters. The second-order valence-electron chi connectivity index (χ2n) is 14.0. The number of rotatable bonds is 4. The van der Waals surface area contributed by atoms with Gasteiger partial charge >= 0.3 is 0 Å². The normalized spacial score (nSPS) is 11.8. The van der Waals surface area contributed by atoms with Gasteiger partial charge in [0.1, 0.15) is 11.2 Å². The van der Waals surface area contributed by atoms with Gasteiger partial charge in [0.05, 0.1) is 0 Å². The van der Waals surface area contributed by atoms with Crippen LogP contribution in [0.1, 0.15) is 0 Å². The number of benzene rings is 10. The van der Waals surface area contributed by atoms with Crippen molar-refractivity contribution in [2.75, 3.05) is 0 Å². The molecule has 0 bridgehead atoms. The summed E-state index contributed by atoms with van der Waals surface area (Å²) < 4.78 is 6.37. The lowest BCUT2D eigenvalue weighted by molar-refractivity contribution is 0.669. The fourth-order valence-corrected chi connectivity index (χ4v) is 8.67. The lowest BCUT2D eigenvalue weighted by atomic mass is 9.83. The van der Waals surface area contributed by atoms with Crippen LogP contribution < -0.4 is 0 Å². The van der Waals surface area contributed by atoms with E-state index in [2.05, 4.69) is 194 Å². The zero-order valence-electron chi connectivity index (χ0n) is 28.9. The highest BCUT2D eigenvalue weighted by Gasteiger charge is 2.20. The fourth-order valence-electron chi connectivity index (χ4n) is 8.67. The SMILES string of the molecule is c1ccc(-c2ccc(-c3c4ccccc4c(-c4ccc(-c5ccc6oc7ccc8ccccc8c7c6c5)c5ccccc45)c4ccccc34)cc2)cc1. The van der Waals surface area contributed by atoms with E-state index in [1.165, 1.54) is 93.0 Å². The average Bonchev–Trinajstić information content (AvgIpc) is 3.61. The minimum atomic E-state index is 0.911. The standard InChI is InChI=1S/C52H32O/c1-2-12-33(13-3-1)34-22-24-36(25-23-34)50-42-18-8-10-20-44(42)51(45-21-11-9-19-43(45)50)46-29-28-38(40-16-6-7-17-41(40)46)37-27-30-48-47(32-37)52-39-15-5-4-14-35(39)26-31-49(52)53-48/h1-32H. The fraction of sp³-hybridized carbons (Fsp3) is 0. The van der Waals surface area contributed by atoms with Crippen LogP contribution in [-0.2, 0) is 0 Å². The summed E-state index contributed by atoms with van der Waals surface area (Å²) in [5.74, 6) is 0. The van der Waals surface area contributed by atoms with Gasteiger partial charge in [-0.15, -0.1) is 0 Å². The van der Waals surface area contributed by atoms with E-state index in [9.17, 15) is 0 Å². The van der Waals surface area contributed by atoms with E-state index in [1.807, 2.05) is 0 Å². The average molecular weight is 673 g/mol. The highest BCUT2D eigenvalue weighted by molar-refractivity contribution is 6.24. The van der Waals surface area contributed by atoms with Gasteiger partial charge < -0.3 is 4.42 Å². The Morgan fingerprint density at radius 2 is 0.755 bits per heavy atom. The van der Waals surface area contributed by atoms with E-state index >= 15 is 0 Å². The molecule has 0 spiro atoms. The zero-order chi connectivity index (χ0) is 34.9. The van der Waals surface area contributed by atoms with Crippen LogP contribution in [0, 0.1) is 0 Å². The van der Waals surface area contributed by atoms with E-state index in [0.717, 1.165) is 16.6 Å². The molecule has 0 atom stereocenters. The Kier molecular flexibility index (Phi) is 6.62. The third kappa shape index (κ3) is 4.64. The molecule has 246 valence electrons. The monoisotopic (exact) mass is 672 g/mol. The van der Waals surface area contributed by atoms with Crippen molar-refractivity contribution in [1.82, 2.24) is 0 Å². The van der Waals surface area contributed by atoms with Gasteiger partial charge in [-0.1, -0.05) is 176 Å². The Morgan fingerprint density at radius 1 is 0.264 bits per heavy atom. The highest BCUT2D eigenvalue weighted by Crippen LogP contribution is 2.47. The first-order chi connectivity index (χ1) is 26.3. The van der Waals surface area contributed by atoms with Crippen LogP contribution in [0.3, 0.4) is 0 Å². The summed E-state index contributed by atoms with van der Waals surface area (Å²) in [6.07, 6.45) is 0. The quantitative estimate of drug-likeness (QED) is 0.170.